The van der Waals surface area contributed by atoms with Crippen molar-refractivity contribution in [2.45, 2.75) is 93.9 Å². The Balaban J connectivity index is 2.41. The van der Waals surface area contributed by atoms with Crippen LogP contribution in [0, 0.1) is 46.3 Å². The van der Waals surface area contributed by atoms with E-state index in [0.717, 1.165) is 0 Å². The zero-order chi connectivity index (χ0) is 24.6. The van der Waals surface area contributed by atoms with Gasteiger partial charge in [0.15, 0.2) is 0 Å². The van der Waals surface area contributed by atoms with Crippen molar-refractivity contribution in [1.29, 1.82) is 0 Å². The maximum atomic E-state index is 4.84. The predicted molar refractivity (Wildman–Crippen MR) is 145 cm³/mol. The molecule has 6 atom stereocenters. The third-order valence-corrected chi connectivity index (χ3v) is 8.77. The van der Waals surface area contributed by atoms with Gasteiger partial charge in [0.05, 0.1) is 0 Å². The summed E-state index contributed by atoms with van der Waals surface area (Å²) in [7, 11) is 0. The lowest BCUT2D eigenvalue weighted by molar-refractivity contribution is 0.238. The molecule has 0 aromatic rings. The van der Waals surface area contributed by atoms with Crippen LogP contribution in [0.3, 0.4) is 0 Å². The molecule has 32 heavy (non-hydrogen) atoms. The van der Waals surface area contributed by atoms with Crippen LogP contribution in [0.1, 0.15) is 93.9 Å². The zero-order valence-electron chi connectivity index (χ0n) is 22.7. The first-order chi connectivity index (χ1) is 14.5. The second kappa shape index (κ2) is 9.90. The fourth-order valence-electron chi connectivity index (χ4n) is 7.11. The van der Waals surface area contributed by atoms with Crippen molar-refractivity contribution in [2.24, 2.45) is 46.3 Å². The van der Waals surface area contributed by atoms with Gasteiger partial charge in [-0.05, 0) is 113 Å². The van der Waals surface area contributed by atoms with Crippen molar-refractivity contribution < 1.29 is 0 Å². The van der Waals surface area contributed by atoms with E-state index in [4.69, 9.17) is 6.58 Å². The standard InChI is InChI=1S/C32H52/c1-20(2)27-14-25(16-31(10,11)18-29(27)22(5)6)24(9)26-15-28(21(3)4)30(23(7)8)19-32(12,13)17-26/h25-30H,1,3,5,7,9,14-19H2,2,4,6,8,10-13H3/t25?,26?,27?,28?,29-,30?/m1/s1. The van der Waals surface area contributed by atoms with E-state index >= 15 is 0 Å². The van der Waals surface area contributed by atoms with Gasteiger partial charge < -0.3 is 0 Å². The van der Waals surface area contributed by atoms with E-state index in [0.29, 0.717) is 35.5 Å². The van der Waals surface area contributed by atoms with Crippen LogP contribution in [0.4, 0.5) is 0 Å². The average molecular weight is 437 g/mol. The molecule has 0 bridgehead atoms. The highest BCUT2D eigenvalue weighted by Gasteiger charge is 2.42. The van der Waals surface area contributed by atoms with Gasteiger partial charge in [-0.2, -0.15) is 0 Å². The summed E-state index contributed by atoms with van der Waals surface area (Å²) in [5.74, 6) is 3.17. The quantitative estimate of drug-likeness (QED) is 0.287. The Morgan fingerprint density at radius 1 is 0.500 bits per heavy atom. The SMILES string of the molecule is C=C(C1CC(C(=C)C)C(C(=C)C)CC(C)(C)C1)C1CC(C(=C)C)[C@@H](C(=C)C)CC(C)(C)C1. The van der Waals surface area contributed by atoms with Crippen LogP contribution in [0.25, 0.3) is 0 Å². The topological polar surface area (TPSA) is 0 Å². The normalized spacial score (nSPS) is 34.6. The molecule has 2 aliphatic carbocycles. The van der Waals surface area contributed by atoms with Crippen molar-refractivity contribution in [3.05, 3.63) is 60.8 Å². The van der Waals surface area contributed by atoms with E-state index in [1.165, 1.54) is 66.4 Å². The highest BCUT2D eigenvalue weighted by molar-refractivity contribution is 5.20. The molecule has 0 spiro atoms. The van der Waals surface area contributed by atoms with Crippen LogP contribution in [-0.4, -0.2) is 0 Å². The van der Waals surface area contributed by atoms with Crippen LogP contribution in [0.2, 0.25) is 0 Å². The maximum Gasteiger partial charge on any atom is -0.0137 e. The van der Waals surface area contributed by atoms with E-state index in [-0.39, 0.29) is 10.8 Å². The Morgan fingerprint density at radius 2 is 0.781 bits per heavy atom. The Labute approximate surface area is 201 Å². The van der Waals surface area contributed by atoms with Gasteiger partial charge in [-0.1, -0.05) is 88.5 Å². The maximum absolute atomic E-state index is 4.84. The third kappa shape index (κ3) is 6.39. The lowest BCUT2D eigenvalue weighted by atomic mass is 9.71. The molecule has 0 aliphatic heterocycles. The summed E-state index contributed by atoms with van der Waals surface area (Å²) in [5.41, 5.74) is 7.34. The van der Waals surface area contributed by atoms with E-state index in [2.05, 4.69) is 81.7 Å². The Kier molecular flexibility index (Phi) is 8.34. The van der Waals surface area contributed by atoms with Gasteiger partial charge in [0.1, 0.15) is 0 Å². The number of allylic oxidation sites excluding steroid dienone is 5. The monoisotopic (exact) mass is 436 g/mol. The first-order valence-corrected chi connectivity index (χ1v) is 12.8. The molecule has 2 saturated carbocycles. The van der Waals surface area contributed by atoms with Crippen molar-refractivity contribution in [1.82, 2.24) is 0 Å². The van der Waals surface area contributed by atoms with E-state index in [1.54, 1.807) is 0 Å². The molecule has 0 radical (unpaired) electrons. The summed E-state index contributed by atoms with van der Waals surface area (Å²) in [6.07, 6.45) is 7.19. The van der Waals surface area contributed by atoms with Crippen LogP contribution < -0.4 is 0 Å². The van der Waals surface area contributed by atoms with Crippen LogP contribution in [-0.2, 0) is 0 Å². The summed E-state index contributed by atoms with van der Waals surface area (Å²) in [5, 5.41) is 0. The molecule has 0 amide bonds. The van der Waals surface area contributed by atoms with Crippen molar-refractivity contribution in [2.75, 3.05) is 0 Å². The minimum absolute atomic E-state index is 0.287. The summed E-state index contributed by atoms with van der Waals surface area (Å²) in [4.78, 5) is 0. The molecule has 0 nitrogen and oxygen atoms in total. The lowest BCUT2D eigenvalue weighted by Gasteiger charge is -2.34. The minimum Gasteiger partial charge on any atom is -0.0998 e. The van der Waals surface area contributed by atoms with Crippen molar-refractivity contribution >= 4 is 0 Å². The molecule has 0 aromatic carbocycles. The van der Waals surface area contributed by atoms with Crippen LogP contribution in [0.15, 0.2) is 60.8 Å². The highest BCUT2D eigenvalue weighted by Crippen LogP contribution is 2.53. The molecule has 2 fully saturated rings. The second-order valence-corrected chi connectivity index (χ2v) is 13.4. The molecule has 0 N–H and O–H groups in total. The van der Waals surface area contributed by atoms with Gasteiger partial charge >= 0.3 is 0 Å². The van der Waals surface area contributed by atoms with Crippen LogP contribution in [0.5, 0.6) is 0 Å². The molecule has 5 unspecified atom stereocenters. The highest BCUT2D eigenvalue weighted by atomic mass is 14.5. The molecular weight excluding hydrogens is 384 g/mol. The van der Waals surface area contributed by atoms with Crippen LogP contribution >= 0.6 is 0 Å². The summed E-state index contributed by atoms with van der Waals surface area (Å²) in [6.45, 7) is 41.1. The van der Waals surface area contributed by atoms with Gasteiger partial charge in [-0.15, -0.1) is 0 Å². The smallest absolute Gasteiger partial charge is 0.0137 e. The van der Waals surface area contributed by atoms with E-state index in [9.17, 15) is 0 Å². The molecule has 2 aliphatic rings. The predicted octanol–water partition coefficient (Wildman–Crippen LogP) is 9.96. The fourth-order valence-corrected chi connectivity index (χ4v) is 7.11. The molecule has 0 heterocycles. The van der Waals surface area contributed by atoms with E-state index < -0.39 is 0 Å². The molecular formula is C32H52. The molecule has 0 saturated heterocycles. The number of hydrogen-bond donors (Lipinski definition) is 0. The van der Waals surface area contributed by atoms with E-state index in [1.807, 2.05) is 0 Å². The van der Waals surface area contributed by atoms with Gasteiger partial charge in [0.2, 0.25) is 0 Å². The fraction of sp³-hybridized carbons (Fsp3) is 0.688. The zero-order valence-corrected chi connectivity index (χ0v) is 22.7. The van der Waals surface area contributed by atoms with Crippen molar-refractivity contribution in [3.63, 3.8) is 0 Å². The first kappa shape index (κ1) is 26.9. The molecule has 0 aromatic heterocycles. The summed E-state index contributed by atoms with van der Waals surface area (Å²) < 4.78 is 0. The summed E-state index contributed by atoms with van der Waals surface area (Å²) in [6, 6.07) is 0. The molecule has 0 heteroatoms. The van der Waals surface area contributed by atoms with Gasteiger partial charge in [-0.3, -0.25) is 0 Å². The Hall–Kier alpha value is -1.30. The Bertz CT molecular complexity index is 706. The Morgan fingerprint density at radius 3 is 1.03 bits per heavy atom. The summed E-state index contributed by atoms with van der Waals surface area (Å²) >= 11 is 0. The largest absolute Gasteiger partial charge is 0.0998 e. The second-order valence-electron chi connectivity index (χ2n) is 13.4. The van der Waals surface area contributed by atoms with Gasteiger partial charge in [0, 0.05) is 0 Å². The number of rotatable bonds is 6. The average Bonchev–Trinajstić information content (AvgIpc) is 2.87. The molecule has 2 rings (SSSR count). The minimum atomic E-state index is 0.287. The number of hydrogen-bond acceptors (Lipinski definition) is 0. The third-order valence-electron chi connectivity index (χ3n) is 8.77. The first-order valence-electron chi connectivity index (χ1n) is 12.8. The molecule has 180 valence electrons. The van der Waals surface area contributed by atoms with Gasteiger partial charge in [0.25, 0.3) is 0 Å². The lowest BCUT2D eigenvalue weighted by Crippen LogP contribution is -2.23. The van der Waals surface area contributed by atoms with Crippen molar-refractivity contribution in [3.8, 4) is 0 Å². The van der Waals surface area contributed by atoms with Gasteiger partial charge in [-0.25, -0.2) is 0 Å².